The zero-order valence-corrected chi connectivity index (χ0v) is 13.1. The molecule has 0 radical (unpaired) electrons. The van der Waals surface area contributed by atoms with E-state index in [0.29, 0.717) is 23.0 Å². The fraction of sp³-hybridized carbons (Fsp3) is 0.0556. The molecule has 0 amide bonds. The Morgan fingerprint density at radius 2 is 1.84 bits per heavy atom. The molecule has 0 aliphatic carbocycles. The van der Waals surface area contributed by atoms with Crippen LogP contribution in [0, 0.1) is 5.82 Å². The number of para-hydroxylation sites is 1. The van der Waals surface area contributed by atoms with Gasteiger partial charge >= 0.3 is 0 Å². The highest BCUT2D eigenvalue weighted by molar-refractivity contribution is 5.56. The Labute approximate surface area is 142 Å². The van der Waals surface area contributed by atoms with E-state index in [1.807, 2.05) is 30.3 Å². The summed E-state index contributed by atoms with van der Waals surface area (Å²) in [7, 11) is 0. The van der Waals surface area contributed by atoms with Crippen molar-refractivity contribution in [1.29, 1.82) is 0 Å². The molecule has 2 aromatic heterocycles. The maximum atomic E-state index is 13.7. The SMILES string of the molecule is O=c1cc(CNc2ccccc2F)[nH]c2nc(-c3ccccc3)nn12. The summed E-state index contributed by atoms with van der Waals surface area (Å²) in [6, 6.07) is 17.2. The number of halogens is 1. The van der Waals surface area contributed by atoms with Crippen molar-refractivity contribution in [3.8, 4) is 11.4 Å². The van der Waals surface area contributed by atoms with Crippen molar-refractivity contribution < 1.29 is 4.39 Å². The van der Waals surface area contributed by atoms with Crippen molar-refractivity contribution in [1.82, 2.24) is 19.6 Å². The van der Waals surface area contributed by atoms with Crippen molar-refractivity contribution in [2.45, 2.75) is 6.54 Å². The van der Waals surface area contributed by atoms with Crippen molar-refractivity contribution in [2.24, 2.45) is 0 Å². The van der Waals surface area contributed by atoms with Gasteiger partial charge in [-0.05, 0) is 12.1 Å². The number of benzene rings is 2. The van der Waals surface area contributed by atoms with E-state index in [1.54, 1.807) is 18.2 Å². The number of fused-ring (bicyclic) bond motifs is 1. The molecule has 0 unspecified atom stereocenters. The smallest absolute Gasteiger partial charge is 0.275 e. The van der Waals surface area contributed by atoms with Crippen LogP contribution in [0.5, 0.6) is 0 Å². The Morgan fingerprint density at radius 1 is 1.08 bits per heavy atom. The fourth-order valence-electron chi connectivity index (χ4n) is 2.54. The monoisotopic (exact) mass is 335 g/mol. The van der Waals surface area contributed by atoms with E-state index in [2.05, 4.69) is 20.4 Å². The van der Waals surface area contributed by atoms with Crippen LogP contribution in [0.2, 0.25) is 0 Å². The summed E-state index contributed by atoms with van der Waals surface area (Å²) < 4.78 is 14.9. The van der Waals surface area contributed by atoms with Gasteiger partial charge < -0.3 is 10.3 Å². The average molecular weight is 335 g/mol. The number of rotatable bonds is 4. The number of H-pyrrole nitrogens is 1. The van der Waals surface area contributed by atoms with Gasteiger partial charge in [0, 0.05) is 17.3 Å². The molecule has 0 saturated heterocycles. The van der Waals surface area contributed by atoms with E-state index in [4.69, 9.17) is 0 Å². The lowest BCUT2D eigenvalue weighted by Gasteiger charge is -2.07. The topological polar surface area (TPSA) is 75.1 Å². The number of nitrogens with zero attached hydrogens (tertiary/aromatic N) is 3. The lowest BCUT2D eigenvalue weighted by molar-refractivity contribution is 0.630. The molecular weight excluding hydrogens is 321 g/mol. The van der Waals surface area contributed by atoms with Gasteiger partial charge in [-0.25, -0.2) is 4.39 Å². The summed E-state index contributed by atoms with van der Waals surface area (Å²) in [6.45, 7) is 0.264. The van der Waals surface area contributed by atoms with Gasteiger partial charge in [0.05, 0.1) is 12.2 Å². The number of anilines is 1. The van der Waals surface area contributed by atoms with Crippen LogP contribution in [-0.2, 0) is 6.54 Å². The van der Waals surface area contributed by atoms with Gasteiger partial charge in [0.25, 0.3) is 5.56 Å². The molecule has 0 spiro atoms. The Morgan fingerprint density at radius 3 is 2.64 bits per heavy atom. The minimum Gasteiger partial charge on any atom is -0.377 e. The second-order valence-corrected chi connectivity index (χ2v) is 5.50. The summed E-state index contributed by atoms with van der Waals surface area (Å²) in [5.74, 6) is 0.463. The summed E-state index contributed by atoms with van der Waals surface area (Å²) in [5, 5.41) is 7.19. The van der Waals surface area contributed by atoms with Crippen molar-refractivity contribution >= 4 is 11.5 Å². The molecule has 2 heterocycles. The van der Waals surface area contributed by atoms with Gasteiger partial charge in [0.15, 0.2) is 5.82 Å². The standard InChI is InChI=1S/C18H14FN5O/c19-14-8-4-5-9-15(14)20-11-13-10-16(25)24-18(21-13)22-17(23-24)12-6-2-1-3-7-12/h1-10,20H,11H2,(H,21,22,23). The molecule has 6 nitrogen and oxygen atoms in total. The van der Waals surface area contributed by atoms with Crippen LogP contribution in [0.25, 0.3) is 17.2 Å². The first kappa shape index (κ1) is 15.1. The third-order valence-electron chi connectivity index (χ3n) is 3.76. The zero-order chi connectivity index (χ0) is 17.2. The van der Waals surface area contributed by atoms with E-state index < -0.39 is 0 Å². The van der Waals surface area contributed by atoms with Crippen LogP contribution < -0.4 is 10.9 Å². The highest BCUT2D eigenvalue weighted by Gasteiger charge is 2.10. The van der Waals surface area contributed by atoms with Gasteiger partial charge in [-0.1, -0.05) is 42.5 Å². The van der Waals surface area contributed by atoms with E-state index in [1.165, 1.54) is 16.6 Å². The van der Waals surface area contributed by atoms with Gasteiger partial charge in [-0.3, -0.25) is 4.79 Å². The quantitative estimate of drug-likeness (QED) is 0.601. The molecule has 25 heavy (non-hydrogen) atoms. The van der Waals surface area contributed by atoms with Crippen molar-refractivity contribution in [3.63, 3.8) is 0 Å². The van der Waals surface area contributed by atoms with E-state index >= 15 is 0 Å². The molecule has 2 aromatic carbocycles. The lowest BCUT2D eigenvalue weighted by Crippen LogP contribution is -2.17. The largest absolute Gasteiger partial charge is 0.377 e. The normalized spacial score (nSPS) is 10.9. The van der Waals surface area contributed by atoms with Gasteiger partial charge in [-0.15, -0.1) is 5.10 Å². The molecule has 0 aliphatic rings. The Bertz CT molecular complexity index is 1090. The number of hydrogen-bond donors (Lipinski definition) is 2. The van der Waals surface area contributed by atoms with Gasteiger partial charge in [0.1, 0.15) is 5.82 Å². The summed E-state index contributed by atoms with van der Waals surface area (Å²) in [4.78, 5) is 19.7. The summed E-state index contributed by atoms with van der Waals surface area (Å²) >= 11 is 0. The number of hydrogen-bond acceptors (Lipinski definition) is 4. The van der Waals surface area contributed by atoms with Crippen LogP contribution >= 0.6 is 0 Å². The second kappa shape index (κ2) is 6.20. The number of aromatic amines is 1. The molecule has 0 atom stereocenters. The van der Waals surface area contributed by atoms with Crippen LogP contribution in [0.4, 0.5) is 10.1 Å². The minimum absolute atomic E-state index is 0.264. The Hall–Kier alpha value is -3.48. The molecule has 124 valence electrons. The minimum atomic E-state index is -0.347. The summed E-state index contributed by atoms with van der Waals surface area (Å²) in [6.07, 6.45) is 0. The van der Waals surface area contributed by atoms with E-state index in [9.17, 15) is 9.18 Å². The summed E-state index contributed by atoms with van der Waals surface area (Å²) in [5.41, 5.74) is 1.49. The average Bonchev–Trinajstić information content (AvgIpc) is 3.07. The van der Waals surface area contributed by atoms with Crippen LogP contribution in [0.1, 0.15) is 5.69 Å². The first-order chi connectivity index (χ1) is 12.2. The van der Waals surface area contributed by atoms with Gasteiger partial charge in [0.2, 0.25) is 5.78 Å². The van der Waals surface area contributed by atoms with Gasteiger partial charge in [-0.2, -0.15) is 9.50 Å². The zero-order valence-electron chi connectivity index (χ0n) is 13.1. The molecule has 0 bridgehead atoms. The Kier molecular flexibility index (Phi) is 3.74. The molecule has 4 aromatic rings. The lowest BCUT2D eigenvalue weighted by atomic mass is 10.2. The van der Waals surface area contributed by atoms with Crippen LogP contribution in [-0.4, -0.2) is 19.6 Å². The maximum absolute atomic E-state index is 13.7. The van der Waals surface area contributed by atoms with Crippen LogP contribution in [0.15, 0.2) is 65.5 Å². The third-order valence-corrected chi connectivity index (χ3v) is 3.76. The molecule has 0 aliphatic heterocycles. The van der Waals surface area contributed by atoms with E-state index in [0.717, 1.165) is 5.56 Å². The number of nitrogens with one attached hydrogen (secondary N) is 2. The predicted molar refractivity (Wildman–Crippen MR) is 92.8 cm³/mol. The number of aromatic nitrogens is 4. The maximum Gasteiger partial charge on any atom is 0.275 e. The molecule has 7 heteroatoms. The first-order valence-corrected chi connectivity index (χ1v) is 7.73. The van der Waals surface area contributed by atoms with Crippen molar-refractivity contribution in [2.75, 3.05) is 5.32 Å². The Balaban J connectivity index is 1.65. The predicted octanol–water partition coefficient (Wildman–Crippen LogP) is 2.84. The van der Waals surface area contributed by atoms with Crippen molar-refractivity contribution in [3.05, 3.63) is 82.5 Å². The third kappa shape index (κ3) is 2.99. The molecule has 4 rings (SSSR count). The molecule has 0 fully saturated rings. The van der Waals surface area contributed by atoms with Crippen LogP contribution in [0.3, 0.4) is 0 Å². The fourth-order valence-corrected chi connectivity index (χ4v) is 2.54. The molecular formula is C18H14FN5O. The highest BCUT2D eigenvalue weighted by atomic mass is 19.1. The first-order valence-electron chi connectivity index (χ1n) is 7.73. The molecule has 2 N–H and O–H groups in total. The molecule has 0 saturated carbocycles. The van der Waals surface area contributed by atoms with E-state index in [-0.39, 0.29) is 17.9 Å². The highest BCUT2D eigenvalue weighted by Crippen LogP contribution is 2.15. The second-order valence-electron chi connectivity index (χ2n) is 5.50.